The molecule has 4 nitrogen and oxygen atoms in total. The predicted octanol–water partition coefficient (Wildman–Crippen LogP) is 2.66. The summed E-state index contributed by atoms with van der Waals surface area (Å²) in [6.07, 6.45) is 0. The topological polar surface area (TPSA) is 47.7 Å². The highest BCUT2D eigenvalue weighted by Gasteiger charge is 2.09. The molecule has 2 rings (SSSR count). The third-order valence-electron chi connectivity index (χ3n) is 3.55. The molecule has 0 aliphatic rings. The van der Waals surface area contributed by atoms with Gasteiger partial charge in [0.15, 0.2) is 11.5 Å². The Morgan fingerprint density at radius 3 is 2.18 bits per heavy atom. The molecular weight excluding hydrogens is 276 g/mol. The largest absolute Gasteiger partial charge is 0.493 e. The second-order valence-electron chi connectivity index (χ2n) is 5.17. The van der Waals surface area contributed by atoms with Crippen molar-refractivity contribution in [3.05, 3.63) is 59.7 Å². The van der Waals surface area contributed by atoms with Crippen LogP contribution in [0, 0.1) is 0 Å². The van der Waals surface area contributed by atoms with Gasteiger partial charge >= 0.3 is 0 Å². The van der Waals surface area contributed by atoms with E-state index in [0.29, 0.717) is 6.54 Å². The van der Waals surface area contributed by atoms with Gasteiger partial charge in [0, 0.05) is 26.2 Å². The highest BCUT2D eigenvalue weighted by atomic mass is 16.5. The zero-order valence-corrected chi connectivity index (χ0v) is 13.3. The summed E-state index contributed by atoms with van der Waals surface area (Å²) in [6.45, 7) is 3.20. The van der Waals surface area contributed by atoms with Gasteiger partial charge in [-0.15, -0.1) is 0 Å². The third kappa shape index (κ3) is 4.48. The fraction of sp³-hybridized carbons (Fsp3) is 0.333. The Morgan fingerprint density at radius 1 is 0.864 bits per heavy atom. The van der Waals surface area contributed by atoms with Crippen molar-refractivity contribution in [3.8, 4) is 11.5 Å². The minimum Gasteiger partial charge on any atom is -0.493 e. The molecule has 0 atom stereocenters. The maximum Gasteiger partial charge on any atom is 0.161 e. The fourth-order valence-corrected chi connectivity index (χ4v) is 2.48. The molecule has 118 valence electrons. The molecule has 4 heteroatoms. The second-order valence-corrected chi connectivity index (χ2v) is 5.17. The number of nitrogens with zero attached hydrogens (tertiary/aromatic N) is 1. The molecule has 0 radical (unpaired) electrons. The smallest absolute Gasteiger partial charge is 0.161 e. The lowest BCUT2D eigenvalue weighted by atomic mass is 10.1. The number of ether oxygens (including phenoxy) is 2. The van der Waals surface area contributed by atoms with E-state index in [-0.39, 0.29) is 0 Å². The van der Waals surface area contributed by atoms with Gasteiger partial charge in [0.2, 0.25) is 0 Å². The van der Waals surface area contributed by atoms with Crippen LogP contribution >= 0.6 is 0 Å². The van der Waals surface area contributed by atoms with Gasteiger partial charge in [-0.2, -0.15) is 0 Å². The minimum atomic E-state index is 0.639. The van der Waals surface area contributed by atoms with Crippen LogP contribution < -0.4 is 15.2 Å². The maximum absolute atomic E-state index is 5.75. The molecule has 0 spiro atoms. The number of benzene rings is 2. The van der Waals surface area contributed by atoms with Crippen molar-refractivity contribution in [1.82, 2.24) is 4.90 Å². The summed E-state index contributed by atoms with van der Waals surface area (Å²) in [5.41, 5.74) is 8.22. The van der Waals surface area contributed by atoms with Crippen LogP contribution in [0.4, 0.5) is 0 Å². The molecule has 22 heavy (non-hydrogen) atoms. The van der Waals surface area contributed by atoms with Crippen LogP contribution in [0.1, 0.15) is 11.1 Å². The summed E-state index contributed by atoms with van der Waals surface area (Å²) in [5.74, 6) is 1.51. The minimum absolute atomic E-state index is 0.639. The number of hydrogen-bond donors (Lipinski definition) is 1. The number of nitrogens with two attached hydrogens (primary N) is 1. The van der Waals surface area contributed by atoms with Crippen molar-refractivity contribution in [2.24, 2.45) is 5.73 Å². The van der Waals surface area contributed by atoms with Gasteiger partial charge in [-0.1, -0.05) is 36.4 Å². The zero-order valence-electron chi connectivity index (χ0n) is 13.3. The lowest BCUT2D eigenvalue weighted by Gasteiger charge is -2.22. The molecular formula is C18H24N2O2. The molecule has 0 heterocycles. The predicted molar refractivity (Wildman–Crippen MR) is 89.2 cm³/mol. The maximum atomic E-state index is 5.75. The highest BCUT2D eigenvalue weighted by molar-refractivity contribution is 5.42. The standard InChI is InChI=1S/C18H24N2O2/c1-21-17-9-8-16(12-18(17)22-2)14-20(11-10-19)13-15-6-4-3-5-7-15/h3-9,12H,10-11,13-14,19H2,1-2H3. The van der Waals surface area contributed by atoms with Crippen molar-refractivity contribution in [1.29, 1.82) is 0 Å². The van der Waals surface area contributed by atoms with Crippen LogP contribution in [0.3, 0.4) is 0 Å². The van der Waals surface area contributed by atoms with Crippen LogP contribution in [0.5, 0.6) is 11.5 Å². The first-order valence-corrected chi connectivity index (χ1v) is 7.44. The van der Waals surface area contributed by atoms with E-state index in [1.807, 2.05) is 18.2 Å². The van der Waals surface area contributed by atoms with Gasteiger partial charge in [0.05, 0.1) is 14.2 Å². The van der Waals surface area contributed by atoms with Crippen LogP contribution in [0.15, 0.2) is 48.5 Å². The normalized spacial score (nSPS) is 10.7. The van der Waals surface area contributed by atoms with Gasteiger partial charge in [-0.25, -0.2) is 0 Å². The molecule has 0 bridgehead atoms. The average Bonchev–Trinajstić information content (AvgIpc) is 2.56. The quantitative estimate of drug-likeness (QED) is 0.814. The van der Waals surface area contributed by atoms with E-state index in [1.54, 1.807) is 14.2 Å². The molecule has 0 aromatic heterocycles. The van der Waals surface area contributed by atoms with Gasteiger partial charge in [0.1, 0.15) is 0 Å². The Hall–Kier alpha value is -2.04. The number of methoxy groups -OCH3 is 2. The van der Waals surface area contributed by atoms with E-state index in [2.05, 4.69) is 35.2 Å². The van der Waals surface area contributed by atoms with Crippen molar-refractivity contribution < 1.29 is 9.47 Å². The summed E-state index contributed by atoms with van der Waals surface area (Å²) < 4.78 is 10.6. The Morgan fingerprint density at radius 2 is 1.55 bits per heavy atom. The molecule has 2 aromatic carbocycles. The average molecular weight is 300 g/mol. The summed E-state index contributed by atoms with van der Waals surface area (Å²) in [7, 11) is 3.30. The summed E-state index contributed by atoms with van der Waals surface area (Å²) in [4.78, 5) is 2.33. The molecule has 0 amide bonds. The molecule has 0 saturated carbocycles. The van der Waals surface area contributed by atoms with Gasteiger partial charge in [-0.05, 0) is 23.3 Å². The highest BCUT2D eigenvalue weighted by Crippen LogP contribution is 2.28. The Balaban J connectivity index is 2.10. The molecule has 0 saturated heterocycles. The van der Waals surface area contributed by atoms with Crippen molar-refractivity contribution in [2.75, 3.05) is 27.3 Å². The molecule has 2 aromatic rings. The number of rotatable bonds is 8. The Bertz CT molecular complexity index is 573. The van der Waals surface area contributed by atoms with Crippen LogP contribution in [0.25, 0.3) is 0 Å². The first kappa shape index (κ1) is 16.3. The van der Waals surface area contributed by atoms with E-state index in [1.165, 1.54) is 11.1 Å². The van der Waals surface area contributed by atoms with Gasteiger partial charge < -0.3 is 15.2 Å². The van der Waals surface area contributed by atoms with Crippen LogP contribution in [0.2, 0.25) is 0 Å². The van der Waals surface area contributed by atoms with Crippen LogP contribution in [-0.4, -0.2) is 32.2 Å². The lowest BCUT2D eigenvalue weighted by Crippen LogP contribution is -2.28. The van der Waals surface area contributed by atoms with Crippen molar-refractivity contribution in [2.45, 2.75) is 13.1 Å². The molecule has 2 N–H and O–H groups in total. The number of hydrogen-bond acceptors (Lipinski definition) is 4. The Labute approximate surface area is 132 Å². The summed E-state index contributed by atoms with van der Waals surface area (Å²) in [5, 5.41) is 0. The monoisotopic (exact) mass is 300 g/mol. The summed E-state index contributed by atoms with van der Waals surface area (Å²) in [6, 6.07) is 16.5. The SMILES string of the molecule is COc1ccc(CN(CCN)Cc2ccccc2)cc1OC. The van der Waals surface area contributed by atoms with Gasteiger partial charge in [0.25, 0.3) is 0 Å². The zero-order chi connectivity index (χ0) is 15.8. The lowest BCUT2D eigenvalue weighted by molar-refractivity contribution is 0.263. The second kappa shape index (κ2) is 8.41. The molecule has 0 aliphatic carbocycles. The first-order valence-electron chi connectivity index (χ1n) is 7.44. The van der Waals surface area contributed by atoms with Crippen LogP contribution in [-0.2, 0) is 13.1 Å². The van der Waals surface area contributed by atoms with Gasteiger partial charge in [-0.3, -0.25) is 4.90 Å². The molecule has 0 unspecified atom stereocenters. The van der Waals surface area contributed by atoms with E-state index in [0.717, 1.165) is 31.1 Å². The van der Waals surface area contributed by atoms with E-state index < -0.39 is 0 Å². The Kier molecular flexibility index (Phi) is 6.25. The van der Waals surface area contributed by atoms with E-state index in [4.69, 9.17) is 15.2 Å². The van der Waals surface area contributed by atoms with Crippen molar-refractivity contribution >= 4 is 0 Å². The summed E-state index contributed by atoms with van der Waals surface area (Å²) >= 11 is 0. The third-order valence-corrected chi connectivity index (χ3v) is 3.55. The molecule has 0 fully saturated rings. The first-order chi connectivity index (χ1) is 10.8. The van der Waals surface area contributed by atoms with E-state index in [9.17, 15) is 0 Å². The molecule has 0 aliphatic heterocycles. The van der Waals surface area contributed by atoms with Crippen molar-refractivity contribution in [3.63, 3.8) is 0 Å². The fourth-order valence-electron chi connectivity index (χ4n) is 2.48. The van der Waals surface area contributed by atoms with E-state index >= 15 is 0 Å².